The van der Waals surface area contributed by atoms with Crippen molar-refractivity contribution >= 4 is 23.6 Å². The quantitative estimate of drug-likeness (QED) is 0.417. The van der Waals surface area contributed by atoms with Crippen molar-refractivity contribution in [2.24, 2.45) is 5.73 Å². The SMILES string of the molecule is C=CCOCC=C.COC1=C(C(=O)O)N2C(=O)C(N)[C@H]2SC1. The first kappa shape index (κ1) is 18.3. The van der Waals surface area contributed by atoms with E-state index in [2.05, 4.69) is 13.2 Å². The number of fused-ring (bicyclic) bond motifs is 1. The minimum atomic E-state index is -1.16. The van der Waals surface area contributed by atoms with Gasteiger partial charge in [0.1, 0.15) is 17.2 Å². The van der Waals surface area contributed by atoms with Crippen LogP contribution in [0, 0.1) is 0 Å². The monoisotopic (exact) mass is 328 g/mol. The predicted molar refractivity (Wildman–Crippen MR) is 84.0 cm³/mol. The minimum absolute atomic E-state index is 0.0760. The van der Waals surface area contributed by atoms with Crippen LogP contribution in [0.4, 0.5) is 0 Å². The maximum absolute atomic E-state index is 11.4. The van der Waals surface area contributed by atoms with Gasteiger partial charge in [-0.25, -0.2) is 4.79 Å². The number of nitrogens with two attached hydrogens (primary N) is 1. The van der Waals surface area contributed by atoms with Crippen LogP contribution in [0.5, 0.6) is 0 Å². The zero-order valence-corrected chi connectivity index (χ0v) is 13.2. The van der Waals surface area contributed by atoms with Crippen molar-refractivity contribution in [2.75, 3.05) is 26.1 Å². The molecule has 7 nitrogen and oxygen atoms in total. The number of amides is 1. The molecular formula is C14H20N2O5S. The Labute approximate surface area is 133 Å². The molecule has 0 radical (unpaired) electrons. The molecule has 3 N–H and O–H groups in total. The Hall–Kier alpha value is -1.77. The van der Waals surface area contributed by atoms with Crippen molar-refractivity contribution in [3.05, 3.63) is 36.8 Å². The molecule has 0 bridgehead atoms. The van der Waals surface area contributed by atoms with E-state index in [-0.39, 0.29) is 17.0 Å². The third kappa shape index (κ3) is 3.90. The number of rotatable bonds is 6. The second-order valence-corrected chi connectivity index (χ2v) is 5.44. The number of hydrogen-bond acceptors (Lipinski definition) is 6. The van der Waals surface area contributed by atoms with Gasteiger partial charge in [0.05, 0.1) is 26.1 Å². The largest absolute Gasteiger partial charge is 0.498 e. The first-order valence-electron chi connectivity index (χ1n) is 6.49. The molecule has 0 spiro atoms. The molecule has 2 aliphatic heterocycles. The molecule has 2 heterocycles. The number of nitrogens with zero attached hydrogens (tertiary/aromatic N) is 1. The number of ether oxygens (including phenoxy) is 2. The van der Waals surface area contributed by atoms with Crippen LogP contribution in [0.15, 0.2) is 36.8 Å². The van der Waals surface area contributed by atoms with Crippen LogP contribution < -0.4 is 5.73 Å². The van der Waals surface area contributed by atoms with Gasteiger partial charge < -0.3 is 20.3 Å². The third-order valence-corrected chi connectivity index (χ3v) is 4.17. The molecule has 0 aromatic heterocycles. The number of β-lactam (4-membered cyclic amide) rings is 1. The summed E-state index contributed by atoms with van der Waals surface area (Å²) in [6.45, 7) is 8.18. The Bertz CT molecular complexity index is 484. The highest BCUT2D eigenvalue weighted by atomic mass is 32.2. The lowest BCUT2D eigenvalue weighted by atomic mass is 10.1. The molecule has 0 aliphatic carbocycles. The summed E-state index contributed by atoms with van der Waals surface area (Å²) in [5.74, 6) is -0.777. The number of thioether (sulfide) groups is 1. The van der Waals surface area contributed by atoms with Crippen LogP contribution in [-0.4, -0.2) is 59.4 Å². The minimum Gasteiger partial charge on any atom is -0.498 e. The molecule has 2 aliphatic rings. The highest BCUT2D eigenvalue weighted by Gasteiger charge is 2.52. The fourth-order valence-electron chi connectivity index (χ4n) is 1.88. The van der Waals surface area contributed by atoms with E-state index >= 15 is 0 Å². The maximum Gasteiger partial charge on any atom is 0.356 e. The lowest BCUT2D eigenvalue weighted by Crippen LogP contribution is -2.68. The molecule has 8 heteroatoms. The number of carbonyl (C=O) groups is 2. The van der Waals surface area contributed by atoms with E-state index < -0.39 is 12.0 Å². The van der Waals surface area contributed by atoms with Gasteiger partial charge in [-0.2, -0.15) is 0 Å². The first-order valence-corrected chi connectivity index (χ1v) is 7.54. The summed E-state index contributed by atoms with van der Waals surface area (Å²) >= 11 is 1.41. The van der Waals surface area contributed by atoms with Crippen molar-refractivity contribution in [1.82, 2.24) is 4.90 Å². The molecule has 2 atom stereocenters. The molecule has 0 aromatic carbocycles. The lowest BCUT2D eigenvalue weighted by molar-refractivity contribution is -0.148. The standard InChI is InChI=1S/C8H10N2O4S.C6H10O/c1-14-3-2-15-7-4(9)6(11)10(7)5(3)8(12)13;1-3-5-7-6-4-2/h4,7H,2,9H2,1H3,(H,12,13);3-4H,1-2,5-6H2/t4?,7-;/m1./s1. The van der Waals surface area contributed by atoms with E-state index in [1.807, 2.05) is 0 Å². The van der Waals surface area contributed by atoms with Crippen molar-refractivity contribution in [3.8, 4) is 0 Å². The van der Waals surface area contributed by atoms with Crippen LogP contribution in [0.3, 0.4) is 0 Å². The van der Waals surface area contributed by atoms with Gasteiger partial charge in [0.25, 0.3) is 0 Å². The molecule has 0 aromatic rings. The van der Waals surface area contributed by atoms with Gasteiger partial charge in [-0.1, -0.05) is 12.2 Å². The molecule has 2 rings (SSSR count). The highest BCUT2D eigenvalue weighted by molar-refractivity contribution is 8.00. The van der Waals surface area contributed by atoms with Crippen LogP contribution in [-0.2, 0) is 19.1 Å². The van der Waals surface area contributed by atoms with Gasteiger partial charge in [-0.05, 0) is 0 Å². The van der Waals surface area contributed by atoms with Gasteiger partial charge in [-0.15, -0.1) is 24.9 Å². The van der Waals surface area contributed by atoms with Gasteiger partial charge >= 0.3 is 5.97 Å². The number of aliphatic carboxylic acids is 1. The van der Waals surface area contributed by atoms with E-state index in [0.717, 1.165) is 0 Å². The van der Waals surface area contributed by atoms with E-state index in [4.69, 9.17) is 20.3 Å². The summed E-state index contributed by atoms with van der Waals surface area (Å²) < 4.78 is 9.84. The topological polar surface area (TPSA) is 102 Å². The maximum atomic E-state index is 11.4. The van der Waals surface area contributed by atoms with E-state index in [0.29, 0.717) is 24.7 Å². The van der Waals surface area contributed by atoms with Crippen LogP contribution in [0.1, 0.15) is 0 Å². The third-order valence-electron chi connectivity index (χ3n) is 2.89. The van der Waals surface area contributed by atoms with Gasteiger partial charge in [0.2, 0.25) is 5.91 Å². The molecule has 1 fully saturated rings. The number of carboxylic acid groups (broad SMARTS) is 1. The molecule has 122 valence electrons. The summed E-state index contributed by atoms with van der Waals surface area (Å²) in [6, 6.07) is -0.595. The lowest BCUT2D eigenvalue weighted by Gasteiger charge is -2.47. The van der Waals surface area contributed by atoms with Gasteiger partial charge in [0.15, 0.2) is 5.70 Å². The highest BCUT2D eigenvalue weighted by Crippen LogP contribution is 2.39. The first-order chi connectivity index (χ1) is 10.5. The second kappa shape index (κ2) is 8.62. The average molecular weight is 328 g/mol. The van der Waals surface area contributed by atoms with Gasteiger partial charge in [0, 0.05) is 0 Å². The Kier molecular flexibility index (Phi) is 7.16. The molecular weight excluding hydrogens is 308 g/mol. The second-order valence-electron chi connectivity index (χ2n) is 4.33. The van der Waals surface area contributed by atoms with E-state index in [9.17, 15) is 9.59 Å². The van der Waals surface area contributed by atoms with E-state index in [1.54, 1.807) is 12.2 Å². The fourth-order valence-corrected chi connectivity index (χ4v) is 3.14. The van der Waals surface area contributed by atoms with Crippen molar-refractivity contribution in [2.45, 2.75) is 11.4 Å². The van der Waals surface area contributed by atoms with Crippen LogP contribution in [0.2, 0.25) is 0 Å². The summed E-state index contributed by atoms with van der Waals surface area (Å²) in [7, 11) is 1.39. The number of carboxylic acids is 1. The zero-order chi connectivity index (χ0) is 16.7. The van der Waals surface area contributed by atoms with Crippen molar-refractivity contribution in [1.29, 1.82) is 0 Å². The summed E-state index contributed by atoms with van der Waals surface area (Å²) in [5.41, 5.74) is 5.48. The molecule has 1 amide bonds. The molecule has 1 saturated heterocycles. The number of carbonyl (C=O) groups excluding carboxylic acids is 1. The fraction of sp³-hybridized carbons (Fsp3) is 0.429. The Morgan fingerprint density at radius 1 is 1.50 bits per heavy atom. The summed E-state index contributed by atoms with van der Waals surface area (Å²) in [4.78, 5) is 23.6. The number of methoxy groups -OCH3 is 1. The number of hydrogen-bond donors (Lipinski definition) is 2. The average Bonchev–Trinajstić information content (AvgIpc) is 2.53. The smallest absolute Gasteiger partial charge is 0.356 e. The Morgan fingerprint density at radius 2 is 2.09 bits per heavy atom. The summed E-state index contributed by atoms with van der Waals surface area (Å²) in [6.07, 6.45) is 3.42. The molecule has 1 unspecified atom stereocenters. The zero-order valence-electron chi connectivity index (χ0n) is 12.4. The predicted octanol–water partition coefficient (Wildman–Crippen LogP) is 0.546. The van der Waals surface area contributed by atoms with Gasteiger partial charge in [-0.3, -0.25) is 9.69 Å². The molecule has 22 heavy (non-hydrogen) atoms. The van der Waals surface area contributed by atoms with Crippen molar-refractivity contribution < 1.29 is 24.2 Å². The Morgan fingerprint density at radius 3 is 2.55 bits per heavy atom. The van der Waals surface area contributed by atoms with Crippen molar-refractivity contribution in [3.63, 3.8) is 0 Å². The Balaban J connectivity index is 0.000000295. The van der Waals surface area contributed by atoms with Crippen LogP contribution in [0.25, 0.3) is 0 Å². The molecule has 0 saturated carbocycles. The normalized spacial score (nSPS) is 22.8. The summed E-state index contributed by atoms with van der Waals surface area (Å²) in [5, 5.41) is 8.72. The van der Waals surface area contributed by atoms with E-state index in [1.165, 1.54) is 23.8 Å². The van der Waals surface area contributed by atoms with Crippen LogP contribution >= 0.6 is 11.8 Å².